The third-order valence-corrected chi connectivity index (χ3v) is 5.21. The number of nitrogens with zero attached hydrogens (tertiary/aromatic N) is 5. The van der Waals surface area contributed by atoms with Crippen LogP contribution in [0.15, 0.2) is 12.4 Å². The lowest BCUT2D eigenvalue weighted by atomic mass is 10.1. The minimum absolute atomic E-state index is 0.203. The molecule has 0 radical (unpaired) electrons. The first-order valence-corrected chi connectivity index (χ1v) is 8.87. The van der Waals surface area contributed by atoms with Gasteiger partial charge in [0.15, 0.2) is 0 Å². The Kier molecular flexibility index (Phi) is 5.02. The fourth-order valence-electron chi connectivity index (χ4n) is 3.58. The van der Waals surface area contributed by atoms with Crippen LogP contribution in [0.2, 0.25) is 0 Å². The van der Waals surface area contributed by atoms with Crippen LogP contribution < -0.4 is 0 Å². The van der Waals surface area contributed by atoms with Crippen molar-refractivity contribution in [2.75, 3.05) is 39.3 Å². The molecule has 1 aromatic heterocycles. The summed E-state index contributed by atoms with van der Waals surface area (Å²) in [7, 11) is 2.03. The van der Waals surface area contributed by atoms with Crippen LogP contribution >= 0.6 is 0 Å². The number of aryl methyl sites for hydroxylation is 1. The number of imidazole rings is 1. The number of rotatable bonds is 6. The van der Waals surface area contributed by atoms with Crippen LogP contribution in [0.5, 0.6) is 0 Å². The van der Waals surface area contributed by atoms with Crippen LogP contribution in [0.1, 0.15) is 38.6 Å². The molecule has 0 bridgehead atoms. The molecule has 3 rings (SSSR count). The zero-order valence-corrected chi connectivity index (χ0v) is 14.6. The smallest absolute Gasteiger partial charge is 0.236 e. The van der Waals surface area contributed by atoms with E-state index in [1.54, 1.807) is 0 Å². The lowest BCUT2D eigenvalue weighted by molar-refractivity contribution is -0.135. The maximum absolute atomic E-state index is 12.7. The lowest BCUT2D eigenvalue weighted by Crippen LogP contribution is -2.53. The van der Waals surface area contributed by atoms with E-state index in [1.807, 2.05) is 24.3 Å². The number of hydrogen-bond donors (Lipinski definition) is 0. The third kappa shape index (κ3) is 3.58. The molecule has 2 aliphatic rings. The van der Waals surface area contributed by atoms with Crippen molar-refractivity contribution in [1.82, 2.24) is 24.3 Å². The molecule has 2 fully saturated rings. The van der Waals surface area contributed by atoms with Crippen molar-refractivity contribution >= 4 is 5.91 Å². The zero-order valence-electron chi connectivity index (χ0n) is 14.6. The second kappa shape index (κ2) is 7.01. The van der Waals surface area contributed by atoms with E-state index < -0.39 is 0 Å². The van der Waals surface area contributed by atoms with E-state index in [2.05, 4.69) is 33.2 Å². The van der Waals surface area contributed by atoms with E-state index in [9.17, 15) is 4.79 Å². The van der Waals surface area contributed by atoms with Crippen molar-refractivity contribution in [3.05, 3.63) is 18.2 Å². The van der Waals surface area contributed by atoms with Gasteiger partial charge in [0, 0.05) is 45.1 Å². The van der Waals surface area contributed by atoms with Gasteiger partial charge >= 0.3 is 0 Å². The number of piperazine rings is 1. The summed E-state index contributed by atoms with van der Waals surface area (Å²) in [5, 5.41) is 0. The first kappa shape index (κ1) is 16.5. The monoisotopic (exact) mass is 319 g/mol. The van der Waals surface area contributed by atoms with Gasteiger partial charge in [0.25, 0.3) is 0 Å². The molecule has 1 saturated heterocycles. The summed E-state index contributed by atoms with van der Waals surface area (Å²) < 4.78 is 2.07. The fourth-order valence-corrected chi connectivity index (χ4v) is 3.58. The molecule has 0 spiro atoms. The van der Waals surface area contributed by atoms with Gasteiger partial charge in [0.05, 0.1) is 12.6 Å². The molecule has 1 aliphatic heterocycles. The average Bonchev–Trinajstić information content (AvgIpc) is 3.33. The molecule has 0 N–H and O–H groups in total. The van der Waals surface area contributed by atoms with Crippen molar-refractivity contribution in [2.45, 2.75) is 38.8 Å². The van der Waals surface area contributed by atoms with Gasteiger partial charge in [0.1, 0.15) is 5.82 Å². The number of hydrogen-bond acceptors (Lipinski definition) is 4. The summed E-state index contributed by atoms with van der Waals surface area (Å²) in [6.45, 7) is 9.36. The molecule has 1 atom stereocenters. The topological polar surface area (TPSA) is 44.6 Å². The SMILES string of the molecule is CCN(CC(=O)N1CCN(CC)C(c2nccn2C)C1)C1CC1. The summed E-state index contributed by atoms with van der Waals surface area (Å²) >= 11 is 0. The second-order valence-corrected chi connectivity index (χ2v) is 6.67. The molecule has 6 nitrogen and oxygen atoms in total. The molecule has 2 heterocycles. The summed E-state index contributed by atoms with van der Waals surface area (Å²) in [4.78, 5) is 24.0. The molecule has 1 aromatic rings. The van der Waals surface area contributed by atoms with Gasteiger partial charge in [-0.15, -0.1) is 0 Å². The Labute approximate surface area is 139 Å². The average molecular weight is 319 g/mol. The quantitative estimate of drug-likeness (QED) is 0.788. The first-order chi connectivity index (χ1) is 11.1. The maximum Gasteiger partial charge on any atom is 0.236 e. The summed E-state index contributed by atoms with van der Waals surface area (Å²) in [5.41, 5.74) is 0. The van der Waals surface area contributed by atoms with E-state index >= 15 is 0 Å². The Morgan fingerprint density at radius 3 is 2.70 bits per heavy atom. The summed E-state index contributed by atoms with van der Waals surface area (Å²) in [6.07, 6.45) is 6.33. The number of carbonyl (C=O) groups is 1. The normalized spacial score (nSPS) is 22.8. The Balaban J connectivity index is 1.67. The van der Waals surface area contributed by atoms with Gasteiger partial charge in [-0.05, 0) is 25.9 Å². The summed E-state index contributed by atoms with van der Waals surface area (Å²) in [5.74, 6) is 1.33. The summed E-state index contributed by atoms with van der Waals surface area (Å²) in [6, 6.07) is 0.847. The van der Waals surface area contributed by atoms with Gasteiger partial charge in [-0.2, -0.15) is 0 Å². The van der Waals surface area contributed by atoms with Gasteiger partial charge < -0.3 is 9.47 Å². The number of carbonyl (C=O) groups excluding carboxylic acids is 1. The van der Waals surface area contributed by atoms with Crippen molar-refractivity contribution in [2.24, 2.45) is 7.05 Å². The van der Waals surface area contributed by atoms with E-state index in [0.717, 1.165) is 38.5 Å². The molecule has 1 aliphatic carbocycles. The Bertz CT molecular complexity index is 539. The molecule has 23 heavy (non-hydrogen) atoms. The first-order valence-electron chi connectivity index (χ1n) is 8.87. The molecule has 128 valence electrons. The number of aromatic nitrogens is 2. The van der Waals surface area contributed by atoms with Gasteiger partial charge in [-0.1, -0.05) is 13.8 Å². The molecule has 1 saturated carbocycles. The number of likely N-dealkylation sites (N-methyl/N-ethyl adjacent to an activating group) is 2. The molecular formula is C17H29N5O. The van der Waals surface area contributed by atoms with Crippen LogP contribution in [0.25, 0.3) is 0 Å². The van der Waals surface area contributed by atoms with Crippen LogP contribution in [-0.4, -0.2) is 75.5 Å². The van der Waals surface area contributed by atoms with Crippen LogP contribution in [0.4, 0.5) is 0 Å². The van der Waals surface area contributed by atoms with Crippen molar-refractivity contribution in [1.29, 1.82) is 0 Å². The van der Waals surface area contributed by atoms with Crippen molar-refractivity contribution < 1.29 is 4.79 Å². The van der Waals surface area contributed by atoms with E-state index in [1.165, 1.54) is 12.8 Å². The molecule has 1 unspecified atom stereocenters. The predicted octanol–water partition coefficient (Wildman–Crippen LogP) is 1.11. The largest absolute Gasteiger partial charge is 0.338 e. The van der Waals surface area contributed by atoms with Crippen LogP contribution in [-0.2, 0) is 11.8 Å². The minimum Gasteiger partial charge on any atom is -0.338 e. The second-order valence-electron chi connectivity index (χ2n) is 6.67. The molecule has 1 amide bonds. The highest BCUT2D eigenvalue weighted by Gasteiger charge is 2.34. The highest BCUT2D eigenvalue weighted by atomic mass is 16.2. The minimum atomic E-state index is 0.203. The molecular weight excluding hydrogens is 290 g/mol. The highest BCUT2D eigenvalue weighted by molar-refractivity contribution is 5.78. The number of amides is 1. The standard InChI is InChI=1S/C17H29N5O/c1-4-20-10-11-22(12-15(20)17-18-8-9-19(17)3)16(23)13-21(5-2)14-6-7-14/h8-9,14-15H,4-7,10-13H2,1-3H3. The van der Waals surface area contributed by atoms with E-state index in [-0.39, 0.29) is 11.9 Å². The Morgan fingerprint density at radius 1 is 1.35 bits per heavy atom. The van der Waals surface area contributed by atoms with Crippen LogP contribution in [0.3, 0.4) is 0 Å². The van der Waals surface area contributed by atoms with Crippen molar-refractivity contribution in [3.8, 4) is 0 Å². The van der Waals surface area contributed by atoms with Gasteiger partial charge in [-0.25, -0.2) is 4.98 Å². The van der Waals surface area contributed by atoms with Crippen molar-refractivity contribution in [3.63, 3.8) is 0 Å². The third-order valence-electron chi connectivity index (χ3n) is 5.21. The van der Waals surface area contributed by atoms with Crippen LogP contribution in [0, 0.1) is 0 Å². The fraction of sp³-hybridized carbons (Fsp3) is 0.765. The van der Waals surface area contributed by atoms with E-state index in [4.69, 9.17) is 0 Å². The molecule has 0 aromatic carbocycles. The van der Waals surface area contributed by atoms with Gasteiger partial charge in [0.2, 0.25) is 5.91 Å². The zero-order chi connectivity index (χ0) is 16.4. The van der Waals surface area contributed by atoms with Gasteiger partial charge in [-0.3, -0.25) is 14.6 Å². The predicted molar refractivity (Wildman–Crippen MR) is 90.0 cm³/mol. The lowest BCUT2D eigenvalue weighted by Gasteiger charge is -2.41. The van der Waals surface area contributed by atoms with E-state index in [0.29, 0.717) is 12.6 Å². The Hall–Kier alpha value is -1.40. The Morgan fingerprint density at radius 2 is 2.13 bits per heavy atom. The highest BCUT2D eigenvalue weighted by Crippen LogP contribution is 2.27. The maximum atomic E-state index is 12.7. The molecule has 6 heteroatoms.